The summed E-state index contributed by atoms with van der Waals surface area (Å²) in [6.45, 7) is 2.73. The van der Waals surface area contributed by atoms with Crippen molar-refractivity contribution in [2.45, 2.75) is 19.9 Å². The minimum absolute atomic E-state index is 0.0225. The lowest BCUT2D eigenvalue weighted by Gasteiger charge is -2.06. The zero-order valence-electron chi connectivity index (χ0n) is 11.3. The van der Waals surface area contributed by atoms with E-state index in [1.165, 1.54) is 10.4 Å². The van der Waals surface area contributed by atoms with E-state index in [9.17, 15) is 4.79 Å². The Bertz CT molecular complexity index is 742. The molecule has 0 aliphatic carbocycles. The molecule has 0 atom stereocenters. The van der Waals surface area contributed by atoms with Crippen LogP contribution < -0.4 is 5.32 Å². The number of aromatic amines is 1. The molecule has 0 saturated carbocycles. The van der Waals surface area contributed by atoms with Crippen molar-refractivity contribution < 1.29 is 4.79 Å². The van der Waals surface area contributed by atoms with Gasteiger partial charge in [0.25, 0.3) is 5.91 Å². The first-order chi connectivity index (χ1) is 9.79. The molecule has 0 saturated heterocycles. The highest BCUT2D eigenvalue weighted by Gasteiger charge is 2.11. The van der Waals surface area contributed by atoms with Gasteiger partial charge in [0.15, 0.2) is 0 Å². The van der Waals surface area contributed by atoms with Gasteiger partial charge in [-0.15, -0.1) is 11.3 Å². The summed E-state index contributed by atoms with van der Waals surface area (Å²) in [7, 11) is 0. The molecule has 4 heteroatoms. The van der Waals surface area contributed by atoms with Crippen LogP contribution in [0, 0.1) is 0 Å². The molecule has 1 amide bonds. The van der Waals surface area contributed by atoms with Gasteiger partial charge in [-0.3, -0.25) is 4.79 Å². The Balaban J connectivity index is 1.78. The fourth-order valence-electron chi connectivity index (χ4n) is 2.38. The Hall–Kier alpha value is -2.07. The lowest BCUT2D eigenvalue weighted by molar-refractivity contribution is 0.0953. The second-order valence-electron chi connectivity index (χ2n) is 4.65. The summed E-state index contributed by atoms with van der Waals surface area (Å²) in [6, 6.07) is 9.80. The number of hydrogen-bond acceptors (Lipinski definition) is 2. The number of carbonyl (C=O) groups excluding carboxylic acids is 1. The van der Waals surface area contributed by atoms with Gasteiger partial charge in [0, 0.05) is 27.5 Å². The van der Waals surface area contributed by atoms with Crippen molar-refractivity contribution in [3.63, 3.8) is 0 Å². The van der Waals surface area contributed by atoms with Crippen molar-refractivity contribution >= 4 is 28.1 Å². The van der Waals surface area contributed by atoms with E-state index in [2.05, 4.69) is 28.7 Å². The van der Waals surface area contributed by atoms with Crippen LogP contribution in [0.3, 0.4) is 0 Å². The predicted molar refractivity (Wildman–Crippen MR) is 83.2 cm³/mol. The normalized spacial score (nSPS) is 10.8. The molecule has 1 aromatic carbocycles. The number of carbonyl (C=O) groups is 1. The van der Waals surface area contributed by atoms with Crippen LogP contribution in [-0.2, 0) is 13.0 Å². The average molecular weight is 284 g/mol. The minimum Gasteiger partial charge on any atom is -0.361 e. The summed E-state index contributed by atoms with van der Waals surface area (Å²) in [6.07, 6.45) is 2.86. The van der Waals surface area contributed by atoms with Crippen molar-refractivity contribution in [2.24, 2.45) is 0 Å². The fourth-order valence-corrected chi connectivity index (χ4v) is 3.29. The summed E-state index contributed by atoms with van der Waals surface area (Å²) in [5, 5.41) is 6.06. The van der Waals surface area contributed by atoms with E-state index in [0.717, 1.165) is 22.9 Å². The van der Waals surface area contributed by atoms with E-state index in [4.69, 9.17) is 0 Å². The van der Waals surface area contributed by atoms with E-state index < -0.39 is 0 Å². The molecule has 0 aliphatic rings. The first-order valence-electron chi connectivity index (χ1n) is 6.69. The Morgan fingerprint density at radius 3 is 3.05 bits per heavy atom. The zero-order chi connectivity index (χ0) is 13.9. The van der Waals surface area contributed by atoms with E-state index in [0.29, 0.717) is 6.54 Å². The van der Waals surface area contributed by atoms with E-state index >= 15 is 0 Å². The van der Waals surface area contributed by atoms with Crippen LogP contribution >= 0.6 is 11.3 Å². The van der Waals surface area contributed by atoms with Gasteiger partial charge in [-0.25, -0.2) is 0 Å². The van der Waals surface area contributed by atoms with Crippen molar-refractivity contribution in [3.05, 3.63) is 57.9 Å². The van der Waals surface area contributed by atoms with Crippen LogP contribution in [0.25, 0.3) is 10.9 Å². The van der Waals surface area contributed by atoms with Gasteiger partial charge in [0.1, 0.15) is 0 Å². The Labute approximate surface area is 121 Å². The lowest BCUT2D eigenvalue weighted by Crippen LogP contribution is -2.22. The molecule has 20 heavy (non-hydrogen) atoms. The maximum absolute atomic E-state index is 12.3. The predicted octanol–water partition coefficient (Wildman–Crippen LogP) is 3.72. The number of amides is 1. The SMILES string of the molecule is CCc1ccsc1CNC(=O)c1cccc2[nH]ccc12. The van der Waals surface area contributed by atoms with Gasteiger partial charge in [-0.2, -0.15) is 0 Å². The smallest absolute Gasteiger partial charge is 0.252 e. The van der Waals surface area contributed by atoms with Crippen molar-refractivity contribution in [1.82, 2.24) is 10.3 Å². The number of H-pyrrole nitrogens is 1. The molecule has 0 bridgehead atoms. The number of fused-ring (bicyclic) bond motifs is 1. The minimum atomic E-state index is -0.0225. The second-order valence-corrected chi connectivity index (χ2v) is 5.65. The van der Waals surface area contributed by atoms with E-state index in [-0.39, 0.29) is 5.91 Å². The highest BCUT2D eigenvalue weighted by atomic mass is 32.1. The number of nitrogens with one attached hydrogen (secondary N) is 2. The van der Waals surface area contributed by atoms with Gasteiger partial charge in [-0.05, 0) is 41.6 Å². The number of aryl methyl sites for hydroxylation is 1. The van der Waals surface area contributed by atoms with E-state index in [1.54, 1.807) is 11.3 Å². The molecule has 0 aliphatic heterocycles. The Morgan fingerprint density at radius 2 is 2.20 bits per heavy atom. The van der Waals surface area contributed by atoms with Gasteiger partial charge < -0.3 is 10.3 Å². The number of benzene rings is 1. The second kappa shape index (κ2) is 5.51. The summed E-state index contributed by atoms with van der Waals surface area (Å²) < 4.78 is 0. The molecule has 3 nitrogen and oxygen atoms in total. The topological polar surface area (TPSA) is 44.9 Å². The molecule has 3 rings (SSSR count). The number of aromatic nitrogens is 1. The molecule has 0 radical (unpaired) electrons. The molecule has 0 fully saturated rings. The van der Waals surface area contributed by atoms with Crippen molar-refractivity contribution in [1.29, 1.82) is 0 Å². The molecule has 0 spiro atoms. The molecular formula is C16H16N2OS. The largest absolute Gasteiger partial charge is 0.361 e. The standard InChI is InChI=1S/C16H16N2OS/c1-2-11-7-9-20-15(11)10-18-16(19)13-4-3-5-14-12(13)6-8-17-14/h3-9,17H,2,10H2,1H3,(H,18,19). The molecule has 2 heterocycles. The maximum Gasteiger partial charge on any atom is 0.252 e. The average Bonchev–Trinajstić information content (AvgIpc) is 3.12. The van der Waals surface area contributed by atoms with Crippen LogP contribution in [0.15, 0.2) is 41.9 Å². The Kier molecular flexibility index (Phi) is 3.56. The molecule has 3 aromatic rings. The third-order valence-electron chi connectivity index (χ3n) is 3.47. The maximum atomic E-state index is 12.3. The number of rotatable bonds is 4. The highest BCUT2D eigenvalue weighted by Crippen LogP contribution is 2.19. The van der Waals surface area contributed by atoms with Gasteiger partial charge in [-0.1, -0.05) is 13.0 Å². The summed E-state index contributed by atoms with van der Waals surface area (Å²) in [4.78, 5) is 16.7. The first kappa shape index (κ1) is 12.9. The van der Waals surface area contributed by atoms with Gasteiger partial charge in [0.2, 0.25) is 0 Å². The van der Waals surface area contributed by atoms with Gasteiger partial charge in [0.05, 0.1) is 6.54 Å². The van der Waals surface area contributed by atoms with Crippen LogP contribution in [0.5, 0.6) is 0 Å². The third-order valence-corrected chi connectivity index (χ3v) is 4.43. The molecule has 102 valence electrons. The van der Waals surface area contributed by atoms with Crippen LogP contribution in [0.1, 0.15) is 27.7 Å². The van der Waals surface area contributed by atoms with Crippen LogP contribution in [-0.4, -0.2) is 10.9 Å². The molecule has 2 N–H and O–H groups in total. The first-order valence-corrected chi connectivity index (χ1v) is 7.57. The quantitative estimate of drug-likeness (QED) is 0.753. The summed E-state index contributed by atoms with van der Waals surface area (Å²) in [5.74, 6) is -0.0225. The highest BCUT2D eigenvalue weighted by molar-refractivity contribution is 7.10. The molecular weight excluding hydrogens is 268 g/mol. The van der Waals surface area contributed by atoms with Crippen LogP contribution in [0.4, 0.5) is 0 Å². The third kappa shape index (κ3) is 2.34. The van der Waals surface area contributed by atoms with Crippen molar-refractivity contribution in [2.75, 3.05) is 0 Å². The monoisotopic (exact) mass is 284 g/mol. The Morgan fingerprint density at radius 1 is 1.30 bits per heavy atom. The number of hydrogen-bond donors (Lipinski definition) is 2. The zero-order valence-corrected chi connectivity index (χ0v) is 12.1. The van der Waals surface area contributed by atoms with Gasteiger partial charge >= 0.3 is 0 Å². The lowest BCUT2D eigenvalue weighted by atomic mass is 10.1. The fraction of sp³-hybridized carbons (Fsp3) is 0.188. The summed E-state index contributed by atoms with van der Waals surface area (Å²) in [5.41, 5.74) is 3.02. The molecule has 0 unspecified atom stereocenters. The molecule has 2 aromatic heterocycles. The van der Waals surface area contributed by atoms with E-state index in [1.807, 2.05) is 30.5 Å². The summed E-state index contributed by atoms with van der Waals surface area (Å²) >= 11 is 1.70. The number of thiophene rings is 1. The van der Waals surface area contributed by atoms with Crippen LogP contribution in [0.2, 0.25) is 0 Å². The van der Waals surface area contributed by atoms with Crippen molar-refractivity contribution in [3.8, 4) is 0 Å².